The lowest BCUT2D eigenvalue weighted by Gasteiger charge is -2.11. The summed E-state index contributed by atoms with van der Waals surface area (Å²) in [5.41, 5.74) is 5.69. The largest absolute Gasteiger partial charge is 0.491 e. The Hall–Kier alpha value is -1.15. The first kappa shape index (κ1) is 16.9. The highest BCUT2D eigenvalue weighted by molar-refractivity contribution is 7.89. The maximum absolute atomic E-state index is 12.0. The van der Waals surface area contributed by atoms with E-state index in [9.17, 15) is 8.42 Å². The zero-order valence-electron chi connectivity index (χ0n) is 11.8. The molecule has 20 heavy (non-hydrogen) atoms. The first-order valence-corrected chi connectivity index (χ1v) is 7.95. The van der Waals surface area contributed by atoms with Gasteiger partial charge in [-0.25, -0.2) is 13.1 Å². The van der Waals surface area contributed by atoms with Crippen LogP contribution in [0.15, 0.2) is 29.2 Å². The van der Waals surface area contributed by atoms with Gasteiger partial charge in [0.15, 0.2) is 0 Å². The summed E-state index contributed by atoms with van der Waals surface area (Å²) in [5, 5.41) is 0. The molecule has 0 amide bonds. The van der Waals surface area contributed by atoms with Crippen LogP contribution >= 0.6 is 0 Å². The molecule has 0 spiro atoms. The van der Waals surface area contributed by atoms with E-state index >= 15 is 0 Å². The van der Waals surface area contributed by atoms with Gasteiger partial charge >= 0.3 is 0 Å². The standard InChI is InChI=1S/C13H22N2O4S/c1-3-11(14)10-15-20(16,17)13-6-4-12(5-7-13)19-9-8-18-2/h4-7,11,15H,3,8-10,14H2,1-2H3. The summed E-state index contributed by atoms with van der Waals surface area (Å²) in [4.78, 5) is 0.194. The van der Waals surface area contributed by atoms with E-state index in [4.69, 9.17) is 15.2 Å². The maximum Gasteiger partial charge on any atom is 0.240 e. The fourth-order valence-electron chi connectivity index (χ4n) is 1.40. The number of ether oxygens (including phenoxy) is 2. The van der Waals surface area contributed by atoms with Crippen molar-refractivity contribution in [2.24, 2.45) is 5.73 Å². The predicted molar refractivity (Wildman–Crippen MR) is 77.3 cm³/mol. The van der Waals surface area contributed by atoms with Gasteiger partial charge in [0, 0.05) is 19.7 Å². The Bertz CT molecular complexity index is 488. The van der Waals surface area contributed by atoms with Gasteiger partial charge in [-0.05, 0) is 30.7 Å². The quantitative estimate of drug-likeness (QED) is 0.656. The summed E-state index contributed by atoms with van der Waals surface area (Å²) in [5.74, 6) is 0.603. The van der Waals surface area contributed by atoms with E-state index in [2.05, 4.69) is 4.72 Å². The lowest BCUT2D eigenvalue weighted by molar-refractivity contribution is 0.146. The van der Waals surface area contributed by atoms with Gasteiger partial charge in [-0.2, -0.15) is 0 Å². The van der Waals surface area contributed by atoms with Gasteiger partial charge < -0.3 is 15.2 Å². The maximum atomic E-state index is 12.0. The molecule has 1 rings (SSSR count). The normalized spacial score (nSPS) is 13.2. The number of hydrogen-bond acceptors (Lipinski definition) is 5. The number of nitrogens with two attached hydrogens (primary N) is 1. The van der Waals surface area contributed by atoms with E-state index in [0.29, 0.717) is 19.0 Å². The molecule has 1 aromatic rings. The van der Waals surface area contributed by atoms with Crippen LogP contribution in [0.4, 0.5) is 0 Å². The van der Waals surface area contributed by atoms with Gasteiger partial charge in [-0.3, -0.25) is 0 Å². The third kappa shape index (κ3) is 5.46. The Morgan fingerprint density at radius 2 is 1.90 bits per heavy atom. The van der Waals surface area contributed by atoms with Gasteiger partial charge in [0.2, 0.25) is 10.0 Å². The molecule has 0 saturated carbocycles. The second-order valence-corrected chi connectivity index (χ2v) is 6.10. The molecule has 0 aliphatic heterocycles. The molecule has 1 atom stereocenters. The molecule has 6 nitrogen and oxygen atoms in total. The van der Waals surface area contributed by atoms with Crippen LogP contribution in [0.2, 0.25) is 0 Å². The molecule has 114 valence electrons. The van der Waals surface area contributed by atoms with Crippen LogP contribution in [0.5, 0.6) is 5.75 Å². The van der Waals surface area contributed by atoms with E-state index in [1.165, 1.54) is 12.1 Å². The number of hydrogen-bond donors (Lipinski definition) is 2. The number of sulfonamides is 1. The van der Waals surface area contributed by atoms with E-state index < -0.39 is 10.0 Å². The summed E-state index contributed by atoms with van der Waals surface area (Å²) in [7, 11) is -1.93. The average molecular weight is 302 g/mol. The van der Waals surface area contributed by atoms with Crippen LogP contribution in [0.25, 0.3) is 0 Å². The Morgan fingerprint density at radius 1 is 1.25 bits per heavy atom. The van der Waals surface area contributed by atoms with E-state index in [1.807, 2.05) is 6.92 Å². The van der Waals surface area contributed by atoms with E-state index in [1.54, 1.807) is 19.2 Å². The molecule has 0 aliphatic carbocycles. The third-order valence-corrected chi connectivity index (χ3v) is 4.19. The molecule has 0 radical (unpaired) electrons. The summed E-state index contributed by atoms with van der Waals surface area (Å²) in [6, 6.07) is 6.05. The van der Waals surface area contributed by atoms with Gasteiger partial charge in [-0.1, -0.05) is 6.92 Å². The predicted octanol–water partition coefficient (Wildman–Crippen LogP) is 0.727. The van der Waals surface area contributed by atoms with E-state index in [-0.39, 0.29) is 17.5 Å². The first-order valence-electron chi connectivity index (χ1n) is 6.46. The topological polar surface area (TPSA) is 90.7 Å². The SMILES string of the molecule is CCC(N)CNS(=O)(=O)c1ccc(OCCOC)cc1. The van der Waals surface area contributed by atoms with Crippen molar-refractivity contribution in [2.45, 2.75) is 24.3 Å². The molecular weight excluding hydrogens is 280 g/mol. The van der Waals surface area contributed by atoms with Crippen LogP contribution in [0.3, 0.4) is 0 Å². The van der Waals surface area contributed by atoms with Gasteiger partial charge in [0.1, 0.15) is 12.4 Å². The average Bonchev–Trinajstić information content (AvgIpc) is 2.45. The second-order valence-electron chi connectivity index (χ2n) is 4.33. The molecule has 1 aromatic carbocycles. The smallest absolute Gasteiger partial charge is 0.240 e. The highest BCUT2D eigenvalue weighted by atomic mass is 32.2. The van der Waals surface area contributed by atoms with Crippen molar-refractivity contribution in [1.29, 1.82) is 0 Å². The van der Waals surface area contributed by atoms with Crippen LogP contribution in [0, 0.1) is 0 Å². The lowest BCUT2D eigenvalue weighted by Crippen LogP contribution is -2.36. The van der Waals surface area contributed by atoms with Gasteiger partial charge in [-0.15, -0.1) is 0 Å². The molecule has 0 aromatic heterocycles. The summed E-state index contributed by atoms with van der Waals surface area (Å²) < 4.78 is 36.7. The number of nitrogens with one attached hydrogen (secondary N) is 1. The minimum absolute atomic E-state index is 0.179. The minimum Gasteiger partial charge on any atom is -0.491 e. The summed E-state index contributed by atoms with van der Waals surface area (Å²) in [6.07, 6.45) is 0.717. The third-order valence-electron chi connectivity index (χ3n) is 2.75. The Morgan fingerprint density at radius 3 is 2.45 bits per heavy atom. The highest BCUT2D eigenvalue weighted by Gasteiger charge is 2.14. The van der Waals surface area contributed by atoms with Crippen molar-refractivity contribution >= 4 is 10.0 Å². The number of rotatable bonds is 9. The zero-order chi connectivity index (χ0) is 15.0. The van der Waals surface area contributed by atoms with Crippen LogP contribution < -0.4 is 15.2 Å². The minimum atomic E-state index is -3.52. The molecular formula is C13H22N2O4S. The van der Waals surface area contributed by atoms with Crippen molar-refractivity contribution in [3.05, 3.63) is 24.3 Å². The molecule has 0 aliphatic rings. The first-order chi connectivity index (χ1) is 9.49. The van der Waals surface area contributed by atoms with Crippen LogP contribution in [-0.4, -0.2) is 41.3 Å². The molecule has 7 heteroatoms. The molecule has 0 fully saturated rings. The van der Waals surface area contributed by atoms with Crippen LogP contribution in [-0.2, 0) is 14.8 Å². The van der Waals surface area contributed by atoms with Crippen molar-refractivity contribution in [3.63, 3.8) is 0 Å². The molecule has 1 unspecified atom stereocenters. The fraction of sp³-hybridized carbons (Fsp3) is 0.538. The van der Waals surface area contributed by atoms with Crippen molar-refractivity contribution in [2.75, 3.05) is 26.9 Å². The Labute approximate surface area is 120 Å². The molecule has 0 saturated heterocycles. The Kier molecular flexibility index (Phi) is 6.94. The monoisotopic (exact) mass is 302 g/mol. The fourth-order valence-corrected chi connectivity index (χ4v) is 2.50. The number of methoxy groups -OCH3 is 1. The van der Waals surface area contributed by atoms with Crippen molar-refractivity contribution in [1.82, 2.24) is 4.72 Å². The van der Waals surface area contributed by atoms with Crippen molar-refractivity contribution < 1.29 is 17.9 Å². The molecule has 3 N–H and O–H groups in total. The van der Waals surface area contributed by atoms with Gasteiger partial charge in [0.05, 0.1) is 11.5 Å². The van der Waals surface area contributed by atoms with E-state index in [0.717, 1.165) is 6.42 Å². The zero-order valence-corrected chi connectivity index (χ0v) is 12.7. The highest BCUT2D eigenvalue weighted by Crippen LogP contribution is 2.15. The summed E-state index contributed by atoms with van der Waals surface area (Å²) >= 11 is 0. The Balaban J connectivity index is 2.62. The second kappa shape index (κ2) is 8.21. The summed E-state index contributed by atoms with van der Waals surface area (Å²) in [6.45, 7) is 3.04. The van der Waals surface area contributed by atoms with Crippen LogP contribution in [0.1, 0.15) is 13.3 Å². The van der Waals surface area contributed by atoms with Crippen molar-refractivity contribution in [3.8, 4) is 5.75 Å². The number of benzene rings is 1. The van der Waals surface area contributed by atoms with Gasteiger partial charge in [0.25, 0.3) is 0 Å². The molecule has 0 heterocycles. The lowest BCUT2D eigenvalue weighted by atomic mass is 10.2. The molecule has 0 bridgehead atoms.